The predicted octanol–water partition coefficient (Wildman–Crippen LogP) is 2.72. The Kier molecular flexibility index (Phi) is 3.00. The Hall–Kier alpha value is -1.69. The topological polar surface area (TPSA) is 42.2 Å². The molecule has 0 fully saturated rings. The molecule has 0 radical (unpaired) electrons. The van der Waals surface area contributed by atoms with Crippen molar-refractivity contribution in [2.24, 2.45) is 5.92 Å². The number of benzene rings is 1. The second-order valence-electron chi connectivity index (χ2n) is 4.25. The molecule has 1 aliphatic heterocycles. The molecule has 84 valence electrons. The molecule has 0 aliphatic carbocycles. The number of hydrogen-bond acceptors (Lipinski definition) is 3. The van der Waals surface area contributed by atoms with Gasteiger partial charge in [-0.3, -0.25) is 0 Å². The summed E-state index contributed by atoms with van der Waals surface area (Å²) < 4.78 is 10.9. The van der Waals surface area contributed by atoms with Gasteiger partial charge >= 0.3 is 0 Å². The Morgan fingerprint density at radius 2 is 1.88 bits per heavy atom. The maximum absolute atomic E-state index is 9.13. The molecular formula is C13H15NO2. The number of nitrogens with zero attached hydrogens (tertiary/aromatic N) is 1. The molecule has 1 heterocycles. The molecule has 1 atom stereocenters. The van der Waals surface area contributed by atoms with Gasteiger partial charge in [0.15, 0.2) is 11.5 Å². The van der Waals surface area contributed by atoms with Crippen LogP contribution in [0.1, 0.15) is 25.3 Å². The number of ether oxygens (including phenoxy) is 2. The molecule has 1 unspecified atom stereocenters. The summed E-state index contributed by atoms with van der Waals surface area (Å²) in [5.74, 6) is 1.74. The quantitative estimate of drug-likeness (QED) is 0.764. The highest BCUT2D eigenvalue weighted by Gasteiger charge is 2.18. The summed E-state index contributed by atoms with van der Waals surface area (Å²) in [4.78, 5) is 0. The maximum Gasteiger partial charge on any atom is 0.161 e. The van der Waals surface area contributed by atoms with Crippen molar-refractivity contribution in [1.29, 1.82) is 5.26 Å². The van der Waals surface area contributed by atoms with Crippen molar-refractivity contribution in [3.63, 3.8) is 0 Å². The smallest absolute Gasteiger partial charge is 0.161 e. The van der Waals surface area contributed by atoms with Crippen molar-refractivity contribution in [1.82, 2.24) is 0 Å². The average molecular weight is 217 g/mol. The van der Waals surface area contributed by atoms with Gasteiger partial charge in [-0.05, 0) is 23.6 Å². The van der Waals surface area contributed by atoms with Crippen LogP contribution in [0.5, 0.6) is 11.5 Å². The lowest BCUT2D eigenvalue weighted by molar-refractivity contribution is 0.171. The zero-order chi connectivity index (χ0) is 11.5. The van der Waals surface area contributed by atoms with E-state index in [2.05, 4.69) is 6.07 Å². The molecule has 0 saturated carbocycles. The van der Waals surface area contributed by atoms with E-state index in [1.54, 1.807) is 0 Å². The fourth-order valence-electron chi connectivity index (χ4n) is 1.86. The first-order valence-corrected chi connectivity index (χ1v) is 5.51. The van der Waals surface area contributed by atoms with Gasteiger partial charge in [0.1, 0.15) is 13.2 Å². The summed E-state index contributed by atoms with van der Waals surface area (Å²) in [6, 6.07) is 8.08. The second-order valence-corrected chi connectivity index (χ2v) is 4.25. The molecule has 2 rings (SSSR count). The van der Waals surface area contributed by atoms with Crippen LogP contribution in [0.15, 0.2) is 18.2 Å². The first-order valence-electron chi connectivity index (χ1n) is 5.51. The highest BCUT2D eigenvalue weighted by Crippen LogP contribution is 2.34. The molecule has 1 aromatic rings. The van der Waals surface area contributed by atoms with Gasteiger partial charge in [0.05, 0.1) is 12.0 Å². The molecule has 0 spiro atoms. The zero-order valence-corrected chi connectivity index (χ0v) is 9.56. The van der Waals surface area contributed by atoms with Crippen LogP contribution >= 0.6 is 0 Å². The van der Waals surface area contributed by atoms with E-state index in [0.717, 1.165) is 17.1 Å². The van der Waals surface area contributed by atoms with Crippen LogP contribution in [0, 0.1) is 17.2 Å². The number of fused-ring (bicyclic) bond motifs is 1. The highest BCUT2D eigenvalue weighted by molar-refractivity contribution is 5.45. The maximum atomic E-state index is 9.13. The Morgan fingerprint density at radius 1 is 1.19 bits per heavy atom. The van der Waals surface area contributed by atoms with Crippen LogP contribution in [0.25, 0.3) is 0 Å². The van der Waals surface area contributed by atoms with Crippen molar-refractivity contribution in [2.75, 3.05) is 13.2 Å². The normalized spacial score (nSPS) is 15.6. The van der Waals surface area contributed by atoms with E-state index in [-0.39, 0.29) is 5.92 Å². The standard InChI is InChI=1S/C13H15NO2/c1-9(2)11(8-14)10-3-4-12-13(7-10)16-6-5-15-12/h3-4,7,9,11H,5-6H2,1-2H3. The molecule has 1 aromatic carbocycles. The lowest BCUT2D eigenvalue weighted by Crippen LogP contribution is -2.16. The molecule has 0 bridgehead atoms. The number of nitriles is 1. The SMILES string of the molecule is CC(C)C(C#N)c1ccc2c(c1)OCCO2. The number of rotatable bonds is 2. The summed E-state index contributed by atoms with van der Waals surface area (Å²) in [6.07, 6.45) is 0. The summed E-state index contributed by atoms with van der Waals surface area (Å²) >= 11 is 0. The van der Waals surface area contributed by atoms with E-state index in [9.17, 15) is 0 Å². The Morgan fingerprint density at radius 3 is 2.50 bits per heavy atom. The van der Waals surface area contributed by atoms with E-state index in [1.165, 1.54) is 0 Å². The third-order valence-corrected chi connectivity index (χ3v) is 2.73. The Bertz CT molecular complexity index is 420. The third-order valence-electron chi connectivity index (χ3n) is 2.73. The summed E-state index contributed by atoms with van der Waals surface area (Å²) in [7, 11) is 0. The van der Waals surface area contributed by atoms with Gasteiger partial charge in [-0.1, -0.05) is 19.9 Å². The lowest BCUT2D eigenvalue weighted by atomic mass is 9.89. The van der Waals surface area contributed by atoms with E-state index in [4.69, 9.17) is 14.7 Å². The van der Waals surface area contributed by atoms with Gasteiger partial charge in [-0.15, -0.1) is 0 Å². The molecule has 0 N–H and O–H groups in total. The van der Waals surface area contributed by atoms with Crippen molar-refractivity contribution in [3.05, 3.63) is 23.8 Å². The van der Waals surface area contributed by atoms with Gasteiger partial charge in [-0.25, -0.2) is 0 Å². The minimum absolute atomic E-state index is 0.0872. The van der Waals surface area contributed by atoms with E-state index in [1.807, 2.05) is 32.0 Å². The second kappa shape index (κ2) is 4.44. The van der Waals surface area contributed by atoms with Crippen LogP contribution in [0.3, 0.4) is 0 Å². The average Bonchev–Trinajstić information content (AvgIpc) is 2.29. The predicted molar refractivity (Wildman–Crippen MR) is 60.6 cm³/mol. The molecule has 16 heavy (non-hydrogen) atoms. The van der Waals surface area contributed by atoms with Gasteiger partial charge in [0.25, 0.3) is 0 Å². The number of hydrogen-bond donors (Lipinski definition) is 0. The minimum Gasteiger partial charge on any atom is -0.486 e. The molecular weight excluding hydrogens is 202 g/mol. The van der Waals surface area contributed by atoms with Crippen molar-refractivity contribution in [2.45, 2.75) is 19.8 Å². The van der Waals surface area contributed by atoms with Gasteiger partial charge in [-0.2, -0.15) is 5.26 Å². The van der Waals surface area contributed by atoms with Gasteiger partial charge < -0.3 is 9.47 Å². The van der Waals surface area contributed by atoms with Crippen LogP contribution in [-0.2, 0) is 0 Å². The monoisotopic (exact) mass is 217 g/mol. The highest BCUT2D eigenvalue weighted by atomic mass is 16.6. The van der Waals surface area contributed by atoms with Crippen molar-refractivity contribution in [3.8, 4) is 17.6 Å². The summed E-state index contributed by atoms with van der Waals surface area (Å²) in [6.45, 7) is 5.27. The van der Waals surface area contributed by atoms with E-state index < -0.39 is 0 Å². The third kappa shape index (κ3) is 1.96. The molecule has 3 heteroatoms. The Balaban J connectivity index is 2.33. The van der Waals surface area contributed by atoms with Gasteiger partial charge in [0, 0.05) is 0 Å². The van der Waals surface area contributed by atoms with Gasteiger partial charge in [0.2, 0.25) is 0 Å². The summed E-state index contributed by atoms with van der Waals surface area (Å²) in [5.41, 5.74) is 1.00. The lowest BCUT2D eigenvalue weighted by Gasteiger charge is -2.20. The van der Waals surface area contributed by atoms with Crippen molar-refractivity contribution < 1.29 is 9.47 Å². The molecule has 1 aliphatic rings. The van der Waals surface area contributed by atoms with E-state index >= 15 is 0 Å². The first kappa shape index (κ1) is 10.8. The van der Waals surface area contributed by atoms with Crippen LogP contribution in [-0.4, -0.2) is 13.2 Å². The molecule has 0 saturated heterocycles. The first-order chi connectivity index (χ1) is 7.72. The van der Waals surface area contributed by atoms with Crippen molar-refractivity contribution >= 4 is 0 Å². The summed E-state index contributed by atoms with van der Waals surface area (Å²) in [5, 5.41) is 9.13. The molecule has 3 nitrogen and oxygen atoms in total. The molecule has 0 amide bonds. The van der Waals surface area contributed by atoms with E-state index in [0.29, 0.717) is 19.1 Å². The fourth-order valence-corrected chi connectivity index (χ4v) is 1.86. The Labute approximate surface area is 95.6 Å². The largest absolute Gasteiger partial charge is 0.486 e. The van der Waals surface area contributed by atoms with Crippen LogP contribution < -0.4 is 9.47 Å². The van der Waals surface area contributed by atoms with Crippen LogP contribution in [0.2, 0.25) is 0 Å². The van der Waals surface area contributed by atoms with Crippen LogP contribution in [0.4, 0.5) is 0 Å². The zero-order valence-electron chi connectivity index (χ0n) is 9.56. The molecule has 0 aromatic heterocycles. The minimum atomic E-state index is -0.0872. The fraction of sp³-hybridized carbons (Fsp3) is 0.462.